The minimum Gasteiger partial charge on any atom is -0.377 e. The van der Waals surface area contributed by atoms with Crippen LogP contribution in [0.1, 0.15) is 41.7 Å². The Morgan fingerprint density at radius 1 is 1.28 bits per heavy atom. The minimum atomic E-state index is 0.324. The number of benzene rings is 1. The number of H-pyrrole nitrogens is 1. The van der Waals surface area contributed by atoms with Crippen LogP contribution in [0, 0.1) is 6.92 Å². The van der Waals surface area contributed by atoms with Crippen molar-refractivity contribution in [1.29, 1.82) is 0 Å². The fraction of sp³-hybridized carbons (Fsp3) is 0.421. The number of hydrogen-bond acceptors (Lipinski definition) is 5. The summed E-state index contributed by atoms with van der Waals surface area (Å²) in [5.74, 6) is 1.79. The molecule has 130 valence electrons. The number of para-hydroxylation sites is 1. The lowest BCUT2D eigenvalue weighted by molar-refractivity contribution is 0.177. The van der Waals surface area contributed by atoms with E-state index in [-0.39, 0.29) is 0 Å². The molecule has 1 aliphatic heterocycles. The zero-order valence-corrected chi connectivity index (χ0v) is 14.7. The monoisotopic (exact) mass is 337 g/mol. The SMILES string of the molecule is COCc1ncc(CN2CCC[C@H]2c2nc3c(C)cccc3[nH]2)cn1. The standard InChI is InChI=1S/C19H23N5O/c1-13-5-3-6-15-18(13)23-19(22-15)16-7-4-8-24(16)11-14-9-20-17(12-25-2)21-10-14/h3,5-6,9-10,16H,4,7-8,11-12H2,1-2H3,(H,22,23)/t16-/m0/s1. The molecule has 1 aliphatic rings. The molecule has 3 heterocycles. The molecule has 3 aromatic rings. The quantitative estimate of drug-likeness (QED) is 0.775. The lowest BCUT2D eigenvalue weighted by Crippen LogP contribution is -2.23. The first-order valence-corrected chi connectivity index (χ1v) is 8.72. The lowest BCUT2D eigenvalue weighted by atomic mass is 10.2. The number of aromatic amines is 1. The Balaban J connectivity index is 1.54. The van der Waals surface area contributed by atoms with E-state index in [1.165, 1.54) is 12.0 Å². The highest BCUT2D eigenvalue weighted by Gasteiger charge is 2.28. The number of hydrogen-bond donors (Lipinski definition) is 1. The van der Waals surface area contributed by atoms with Crippen molar-refractivity contribution in [3.63, 3.8) is 0 Å². The van der Waals surface area contributed by atoms with Crippen molar-refractivity contribution in [3.8, 4) is 0 Å². The molecule has 0 saturated carbocycles. The third-order valence-corrected chi connectivity index (χ3v) is 4.83. The maximum Gasteiger partial charge on any atom is 0.153 e. The zero-order chi connectivity index (χ0) is 17.2. The summed E-state index contributed by atoms with van der Waals surface area (Å²) < 4.78 is 5.07. The molecule has 4 rings (SSSR count). The maximum atomic E-state index is 5.07. The molecule has 1 N–H and O–H groups in total. The fourth-order valence-electron chi connectivity index (χ4n) is 3.58. The van der Waals surface area contributed by atoms with Crippen LogP contribution in [0.25, 0.3) is 11.0 Å². The van der Waals surface area contributed by atoms with Crippen molar-refractivity contribution in [2.45, 2.75) is 39.0 Å². The van der Waals surface area contributed by atoms with E-state index in [0.29, 0.717) is 12.6 Å². The zero-order valence-electron chi connectivity index (χ0n) is 14.7. The first kappa shape index (κ1) is 16.2. The van der Waals surface area contributed by atoms with Gasteiger partial charge in [-0.25, -0.2) is 15.0 Å². The Kier molecular flexibility index (Phi) is 4.46. The van der Waals surface area contributed by atoms with Crippen LogP contribution in [0.5, 0.6) is 0 Å². The number of rotatable bonds is 5. The maximum absolute atomic E-state index is 5.07. The molecule has 1 saturated heterocycles. The first-order chi connectivity index (χ1) is 12.2. The van der Waals surface area contributed by atoms with Crippen LogP contribution in [-0.2, 0) is 17.9 Å². The van der Waals surface area contributed by atoms with E-state index in [4.69, 9.17) is 9.72 Å². The summed E-state index contributed by atoms with van der Waals surface area (Å²) in [6.07, 6.45) is 6.11. The van der Waals surface area contributed by atoms with E-state index in [9.17, 15) is 0 Å². The Morgan fingerprint density at radius 3 is 2.88 bits per heavy atom. The normalized spacial score (nSPS) is 18.2. The van der Waals surface area contributed by atoms with Crippen LogP contribution in [-0.4, -0.2) is 38.5 Å². The van der Waals surface area contributed by atoms with Gasteiger partial charge in [0.25, 0.3) is 0 Å². The highest BCUT2D eigenvalue weighted by molar-refractivity contribution is 5.78. The summed E-state index contributed by atoms with van der Waals surface area (Å²) in [4.78, 5) is 19.6. The van der Waals surface area contributed by atoms with Gasteiger partial charge in [-0.05, 0) is 37.9 Å². The van der Waals surface area contributed by atoms with E-state index in [1.54, 1.807) is 7.11 Å². The molecule has 25 heavy (non-hydrogen) atoms. The molecule has 0 aliphatic carbocycles. The summed E-state index contributed by atoms with van der Waals surface area (Å²) in [6.45, 7) is 4.47. The number of methoxy groups -OCH3 is 1. The van der Waals surface area contributed by atoms with Crippen molar-refractivity contribution in [2.75, 3.05) is 13.7 Å². The number of aryl methyl sites for hydroxylation is 1. The summed E-state index contributed by atoms with van der Waals surface area (Å²) in [7, 11) is 1.65. The molecule has 1 fully saturated rings. The number of aromatic nitrogens is 4. The molecule has 2 aromatic heterocycles. The van der Waals surface area contributed by atoms with Crippen LogP contribution in [0.15, 0.2) is 30.6 Å². The molecule has 1 aromatic carbocycles. The molecular formula is C19H23N5O. The Hall–Kier alpha value is -2.31. The van der Waals surface area contributed by atoms with Gasteiger partial charge < -0.3 is 9.72 Å². The van der Waals surface area contributed by atoms with Gasteiger partial charge in [0.05, 0.1) is 17.1 Å². The summed E-state index contributed by atoms with van der Waals surface area (Å²) in [5.41, 5.74) is 4.54. The average molecular weight is 337 g/mol. The number of nitrogens with one attached hydrogen (secondary N) is 1. The van der Waals surface area contributed by atoms with E-state index in [2.05, 4.69) is 45.0 Å². The second-order valence-corrected chi connectivity index (χ2v) is 6.66. The van der Waals surface area contributed by atoms with Crippen molar-refractivity contribution in [2.24, 2.45) is 0 Å². The van der Waals surface area contributed by atoms with Crippen molar-refractivity contribution < 1.29 is 4.74 Å². The summed E-state index contributed by atoms with van der Waals surface area (Å²) >= 11 is 0. The van der Waals surface area contributed by atoms with Gasteiger partial charge in [0, 0.05) is 31.6 Å². The second kappa shape index (κ2) is 6.90. The van der Waals surface area contributed by atoms with Crippen molar-refractivity contribution >= 4 is 11.0 Å². The van der Waals surface area contributed by atoms with E-state index in [1.807, 2.05) is 12.4 Å². The molecule has 6 heteroatoms. The van der Waals surface area contributed by atoms with Crippen molar-refractivity contribution in [3.05, 3.63) is 53.4 Å². The Bertz CT molecular complexity index is 858. The summed E-state index contributed by atoms with van der Waals surface area (Å²) in [5, 5.41) is 0. The molecule has 0 bridgehead atoms. The smallest absolute Gasteiger partial charge is 0.153 e. The van der Waals surface area contributed by atoms with Gasteiger partial charge in [0.1, 0.15) is 12.4 Å². The minimum absolute atomic E-state index is 0.324. The lowest BCUT2D eigenvalue weighted by Gasteiger charge is -2.22. The predicted molar refractivity (Wildman–Crippen MR) is 96.0 cm³/mol. The second-order valence-electron chi connectivity index (χ2n) is 6.66. The van der Waals surface area contributed by atoms with Gasteiger partial charge >= 0.3 is 0 Å². The van der Waals surface area contributed by atoms with Crippen LogP contribution < -0.4 is 0 Å². The van der Waals surface area contributed by atoms with E-state index in [0.717, 1.165) is 47.8 Å². The third-order valence-electron chi connectivity index (χ3n) is 4.83. The van der Waals surface area contributed by atoms with Gasteiger partial charge in [0.2, 0.25) is 0 Å². The van der Waals surface area contributed by atoms with E-state index >= 15 is 0 Å². The van der Waals surface area contributed by atoms with Crippen LogP contribution >= 0.6 is 0 Å². The average Bonchev–Trinajstić information content (AvgIpc) is 3.24. The number of likely N-dealkylation sites (tertiary alicyclic amines) is 1. The fourth-order valence-corrected chi connectivity index (χ4v) is 3.58. The van der Waals surface area contributed by atoms with E-state index < -0.39 is 0 Å². The summed E-state index contributed by atoms with van der Waals surface area (Å²) in [6, 6.07) is 6.61. The highest BCUT2D eigenvalue weighted by Crippen LogP contribution is 2.32. The Morgan fingerprint density at radius 2 is 2.12 bits per heavy atom. The van der Waals surface area contributed by atoms with Crippen LogP contribution in [0.2, 0.25) is 0 Å². The number of imidazole rings is 1. The topological polar surface area (TPSA) is 66.9 Å². The molecule has 1 atom stereocenters. The largest absolute Gasteiger partial charge is 0.377 e. The molecule has 0 unspecified atom stereocenters. The molecule has 6 nitrogen and oxygen atoms in total. The van der Waals surface area contributed by atoms with Gasteiger partial charge in [-0.2, -0.15) is 0 Å². The van der Waals surface area contributed by atoms with Crippen LogP contribution in [0.4, 0.5) is 0 Å². The molecular weight excluding hydrogens is 314 g/mol. The third kappa shape index (κ3) is 3.27. The molecule has 0 spiro atoms. The van der Waals surface area contributed by atoms with Gasteiger partial charge in [-0.15, -0.1) is 0 Å². The number of fused-ring (bicyclic) bond motifs is 1. The number of ether oxygens (including phenoxy) is 1. The van der Waals surface area contributed by atoms with Gasteiger partial charge in [0.15, 0.2) is 5.82 Å². The van der Waals surface area contributed by atoms with Gasteiger partial charge in [-0.3, -0.25) is 4.90 Å². The predicted octanol–water partition coefficient (Wildman–Crippen LogP) is 3.14. The number of nitrogens with zero attached hydrogens (tertiary/aromatic N) is 4. The Labute approximate surface area is 147 Å². The van der Waals surface area contributed by atoms with Crippen LogP contribution in [0.3, 0.4) is 0 Å². The van der Waals surface area contributed by atoms with Gasteiger partial charge in [-0.1, -0.05) is 12.1 Å². The molecule has 0 amide bonds. The molecule has 0 radical (unpaired) electrons. The highest BCUT2D eigenvalue weighted by atomic mass is 16.5. The van der Waals surface area contributed by atoms with Crippen molar-refractivity contribution in [1.82, 2.24) is 24.8 Å². The first-order valence-electron chi connectivity index (χ1n) is 8.72.